The van der Waals surface area contributed by atoms with Gasteiger partial charge in [0.2, 0.25) is 0 Å². The van der Waals surface area contributed by atoms with Crippen LogP contribution in [0.2, 0.25) is 0 Å². The van der Waals surface area contributed by atoms with Gasteiger partial charge in [0.05, 0.1) is 6.10 Å². The highest BCUT2D eigenvalue weighted by Gasteiger charge is 2.36. The fourth-order valence-electron chi connectivity index (χ4n) is 0.630. The van der Waals surface area contributed by atoms with E-state index in [0.29, 0.717) is 0 Å². The maximum absolute atomic E-state index is 9.89. The van der Waals surface area contributed by atoms with E-state index in [-0.39, 0.29) is 12.2 Å². The van der Waals surface area contributed by atoms with Crippen LogP contribution in [0.1, 0.15) is 6.42 Å². The number of aldehydes is 1. The van der Waals surface area contributed by atoms with Crippen LogP contribution in [-0.2, 0) is 9.53 Å². The van der Waals surface area contributed by atoms with E-state index in [9.17, 15) is 4.79 Å². The second kappa shape index (κ2) is 2.09. The Labute approximate surface area is 48.1 Å². The van der Waals surface area contributed by atoms with E-state index >= 15 is 0 Å². The van der Waals surface area contributed by atoms with Gasteiger partial charge in [0, 0.05) is 0 Å². The average Bonchev–Trinajstić information content (AvgIpc) is 2.48. The first-order valence-electron chi connectivity index (χ1n) is 2.60. The third-order valence-electron chi connectivity index (χ3n) is 1.15. The predicted octanol–water partition coefficient (Wildman–Crippen LogP) is 0.529. The Morgan fingerprint density at radius 1 is 1.75 bits per heavy atom. The molecule has 8 heavy (non-hydrogen) atoms. The molecular formula is C6H8O2. The molecule has 0 aromatic carbocycles. The highest BCUT2D eigenvalue weighted by atomic mass is 16.6. The normalized spacial score (nSPS) is 34.0. The van der Waals surface area contributed by atoms with Gasteiger partial charge in [0.1, 0.15) is 6.10 Å². The van der Waals surface area contributed by atoms with Crippen molar-refractivity contribution in [3.8, 4) is 0 Å². The quantitative estimate of drug-likeness (QED) is 0.303. The van der Waals surface area contributed by atoms with Crippen molar-refractivity contribution in [2.24, 2.45) is 0 Å². The molecule has 0 aromatic heterocycles. The van der Waals surface area contributed by atoms with Gasteiger partial charge in [-0.1, -0.05) is 6.08 Å². The highest BCUT2D eigenvalue weighted by Crippen LogP contribution is 2.22. The summed E-state index contributed by atoms with van der Waals surface area (Å²) in [7, 11) is 0. The lowest BCUT2D eigenvalue weighted by atomic mass is 10.2. The Morgan fingerprint density at radius 3 is 2.88 bits per heavy atom. The van der Waals surface area contributed by atoms with Crippen molar-refractivity contribution >= 4 is 6.29 Å². The van der Waals surface area contributed by atoms with Gasteiger partial charge in [-0.15, -0.1) is 6.58 Å². The molecule has 0 N–H and O–H groups in total. The summed E-state index contributed by atoms with van der Waals surface area (Å²) in [6, 6.07) is 0. The lowest BCUT2D eigenvalue weighted by Crippen LogP contribution is -1.91. The molecule has 0 spiro atoms. The number of carbonyl (C=O) groups is 1. The fraction of sp³-hybridized carbons (Fsp3) is 0.500. The van der Waals surface area contributed by atoms with Crippen LogP contribution >= 0.6 is 0 Å². The van der Waals surface area contributed by atoms with E-state index in [4.69, 9.17) is 4.74 Å². The smallest absolute Gasteiger partial charge is 0.151 e. The lowest BCUT2D eigenvalue weighted by Gasteiger charge is -1.75. The van der Waals surface area contributed by atoms with Crippen LogP contribution in [0, 0.1) is 0 Å². The number of rotatable bonds is 3. The van der Waals surface area contributed by atoms with Gasteiger partial charge >= 0.3 is 0 Å². The third-order valence-corrected chi connectivity index (χ3v) is 1.15. The summed E-state index contributed by atoms with van der Waals surface area (Å²) in [5, 5.41) is 0. The fourth-order valence-corrected chi connectivity index (χ4v) is 0.630. The standard InChI is InChI=1S/C6H8O2/c1-2-3-5-6(4-7)8-5/h2,4-6H,1,3H2/t5-,6+/m1/s1. The largest absolute Gasteiger partial charge is 0.361 e. The van der Waals surface area contributed by atoms with Crippen molar-refractivity contribution in [3.05, 3.63) is 12.7 Å². The van der Waals surface area contributed by atoms with Crippen LogP contribution < -0.4 is 0 Å². The van der Waals surface area contributed by atoms with E-state index in [2.05, 4.69) is 6.58 Å². The van der Waals surface area contributed by atoms with E-state index < -0.39 is 0 Å². The lowest BCUT2D eigenvalue weighted by molar-refractivity contribution is -0.108. The Balaban J connectivity index is 2.16. The van der Waals surface area contributed by atoms with Crippen LogP contribution in [0.3, 0.4) is 0 Å². The Bertz CT molecular complexity index is 109. The molecule has 1 aliphatic heterocycles. The summed E-state index contributed by atoms with van der Waals surface area (Å²) in [4.78, 5) is 9.89. The molecule has 1 heterocycles. The molecule has 2 heteroatoms. The SMILES string of the molecule is C=CC[C@H]1O[C@H]1C=O. The molecule has 0 aliphatic carbocycles. The Kier molecular flexibility index (Phi) is 1.44. The molecule has 0 radical (unpaired) electrons. The zero-order valence-corrected chi connectivity index (χ0v) is 4.54. The zero-order valence-electron chi connectivity index (χ0n) is 4.54. The molecule has 1 aliphatic rings. The molecule has 44 valence electrons. The zero-order chi connectivity index (χ0) is 5.98. The first-order chi connectivity index (χ1) is 3.88. The number of epoxide rings is 1. The predicted molar refractivity (Wildman–Crippen MR) is 29.5 cm³/mol. The summed E-state index contributed by atoms with van der Waals surface area (Å²) in [5.41, 5.74) is 0. The van der Waals surface area contributed by atoms with Crippen LogP contribution in [0.5, 0.6) is 0 Å². The third kappa shape index (κ3) is 0.954. The second-order valence-corrected chi connectivity index (χ2v) is 1.80. The molecule has 0 amide bonds. The van der Waals surface area contributed by atoms with Gasteiger partial charge in [-0.05, 0) is 6.42 Å². The highest BCUT2D eigenvalue weighted by molar-refractivity contribution is 5.60. The van der Waals surface area contributed by atoms with Gasteiger partial charge < -0.3 is 9.53 Å². The minimum absolute atomic E-state index is 0.131. The summed E-state index contributed by atoms with van der Waals surface area (Å²) in [5.74, 6) is 0. The van der Waals surface area contributed by atoms with Gasteiger partial charge in [0.25, 0.3) is 0 Å². The van der Waals surface area contributed by atoms with Crippen molar-refractivity contribution in [1.29, 1.82) is 0 Å². The molecule has 2 atom stereocenters. The molecule has 0 bridgehead atoms. The number of ether oxygens (including phenoxy) is 1. The van der Waals surface area contributed by atoms with Crippen LogP contribution in [-0.4, -0.2) is 18.5 Å². The number of carbonyl (C=O) groups excluding carboxylic acids is 1. The number of hydrogen-bond donors (Lipinski definition) is 0. The van der Waals surface area contributed by atoms with Crippen molar-refractivity contribution in [2.75, 3.05) is 0 Å². The van der Waals surface area contributed by atoms with Gasteiger partial charge in [-0.3, -0.25) is 0 Å². The van der Waals surface area contributed by atoms with Crippen molar-refractivity contribution in [3.63, 3.8) is 0 Å². The van der Waals surface area contributed by atoms with Crippen LogP contribution in [0.25, 0.3) is 0 Å². The summed E-state index contributed by atoms with van der Waals surface area (Å²) >= 11 is 0. The second-order valence-electron chi connectivity index (χ2n) is 1.80. The maximum Gasteiger partial charge on any atom is 0.151 e. The van der Waals surface area contributed by atoms with E-state index in [1.165, 1.54) is 0 Å². The van der Waals surface area contributed by atoms with Crippen LogP contribution in [0.4, 0.5) is 0 Å². The molecule has 1 rings (SSSR count). The van der Waals surface area contributed by atoms with Crippen LogP contribution in [0.15, 0.2) is 12.7 Å². The summed E-state index contributed by atoms with van der Waals surface area (Å²) in [6.07, 6.45) is 3.39. The van der Waals surface area contributed by atoms with E-state index in [1.54, 1.807) is 6.08 Å². The average molecular weight is 112 g/mol. The van der Waals surface area contributed by atoms with E-state index in [0.717, 1.165) is 12.7 Å². The van der Waals surface area contributed by atoms with Crippen molar-refractivity contribution in [2.45, 2.75) is 18.6 Å². The molecule has 1 fully saturated rings. The Morgan fingerprint density at radius 2 is 2.50 bits per heavy atom. The van der Waals surface area contributed by atoms with E-state index in [1.807, 2.05) is 0 Å². The molecular weight excluding hydrogens is 104 g/mol. The monoisotopic (exact) mass is 112 g/mol. The molecule has 0 aromatic rings. The molecule has 0 saturated carbocycles. The van der Waals surface area contributed by atoms with Crippen molar-refractivity contribution < 1.29 is 9.53 Å². The number of hydrogen-bond acceptors (Lipinski definition) is 2. The summed E-state index contributed by atoms with van der Waals surface area (Å²) < 4.78 is 4.87. The van der Waals surface area contributed by atoms with Gasteiger partial charge in [-0.2, -0.15) is 0 Å². The molecule has 0 unspecified atom stereocenters. The first-order valence-corrected chi connectivity index (χ1v) is 2.60. The Hall–Kier alpha value is -0.630. The first kappa shape index (κ1) is 5.51. The summed E-state index contributed by atoms with van der Waals surface area (Å²) in [6.45, 7) is 3.51. The minimum Gasteiger partial charge on any atom is -0.361 e. The minimum atomic E-state index is -0.131. The topological polar surface area (TPSA) is 29.6 Å². The molecule has 2 nitrogen and oxygen atoms in total. The van der Waals surface area contributed by atoms with Gasteiger partial charge in [-0.25, -0.2) is 0 Å². The van der Waals surface area contributed by atoms with Gasteiger partial charge in [0.15, 0.2) is 6.29 Å². The molecule has 1 saturated heterocycles. The van der Waals surface area contributed by atoms with Crippen molar-refractivity contribution in [1.82, 2.24) is 0 Å². The maximum atomic E-state index is 9.89.